The molecule has 0 saturated carbocycles. The minimum Gasteiger partial charge on any atom is -0.508 e. The first-order valence-electron chi connectivity index (χ1n) is 12.8. The van der Waals surface area contributed by atoms with Gasteiger partial charge in [0.2, 0.25) is 0 Å². The molecule has 3 aromatic carbocycles. The molecule has 0 bridgehead atoms. The Morgan fingerprint density at radius 1 is 1.00 bits per heavy atom. The van der Waals surface area contributed by atoms with Crippen molar-refractivity contribution < 1.29 is 19.1 Å². The van der Waals surface area contributed by atoms with Crippen LogP contribution in [0.15, 0.2) is 71.6 Å². The lowest BCUT2D eigenvalue weighted by molar-refractivity contribution is 0.191. The number of hydrogen-bond donors (Lipinski definition) is 2. The molecule has 0 spiro atoms. The normalized spacial score (nSPS) is 20.3. The topological polar surface area (TPSA) is 52.9 Å². The standard InChI is InChI=1S/C28H29NO3S/c1-3-14-29-16-24(17-29)33-23-11-6-20(7-12-23)28-27(19-4-8-21(30)9-5-19)18(2)25-13-10-22(31)15-26(25)32-28/h4-13,15,24,28,30-31H,3,14,16-17H2,1-2H3/i2D3. The van der Waals surface area contributed by atoms with Crippen LogP contribution in [-0.4, -0.2) is 40.0 Å². The van der Waals surface area contributed by atoms with Crippen molar-refractivity contribution in [3.8, 4) is 17.2 Å². The van der Waals surface area contributed by atoms with Gasteiger partial charge < -0.3 is 19.8 Å². The largest absolute Gasteiger partial charge is 0.508 e. The first-order valence-corrected chi connectivity index (χ1v) is 12.1. The van der Waals surface area contributed by atoms with E-state index in [0.29, 0.717) is 27.7 Å². The maximum atomic E-state index is 10.1. The van der Waals surface area contributed by atoms with Crippen molar-refractivity contribution in [3.63, 3.8) is 0 Å². The Hall–Kier alpha value is -2.89. The summed E-state index contributed by atoms with van der Waals surface area (Å²) in [6.45, 7) is 3.12. The highest BCUT2D eigenvalue weighted by molar-refractivity contribution is 8.00. The molecule has 3 aromatic rings. The number of aromatic hydroxyl groups is 2. The quantitative estimate of drug-likeness (QED) is 0.447. The zero-order valence-electron chi connectivity index (χ0n) is 21.5. The van der Waals surface area contributed by atoms with Gasteiger partial charge >= 0.3 is 0 Å². The third-order valence-corrected chi connectivity index (χ3v) is 7.31. The third-order valence-electron chi connectivity index (χ3n) is 6.14. The number of rotatable bonds is 6. The highest BCUT2D eigenvalue weighted by Gasteiger charge is 2.30. The van der Waals surface area contributed by atoms with E-state index in [2.05, 4.69) is 24.0 Å². The first-order chi connectivity index (χ1) is 17.2. The van der Waals surface area contributed by atoms with Crippen LogP contribution in [0.1, 0.15) is 47.1 Å². The second kappa shape index (κ2) is 9.16. The SMILES string of the molecule is [2H]C([2H])([2H])C1=C(c2ccc(O)cc2)C(c2ccc(SC3CN(CCC)C3)cc2)Oc2cc(O)ccc21. The number of ether oxygens (including phenoxy) is 1. The number of likely N-dealkylation sites (tertiary alicyclic amines) is 1. The molecule has 0 radical (unpaired) electrons. The van der Waals surface area contributed by atoms with Gasteiger partial charge in [-0.25, -0.2) is 0 Å². The lowest BCUT2D eigenvalue weighted by Crippen LogP contribution is -2.48. The molecule has 0 amide bonds. The van der Waals surface area contributed by atoms with Gasteiger partial charge in [-0.1, -0.05) is 31.2 Å². The van der Waals surface area contributed by atoms with E-state index in [9.17, 15) is 10.2 Å². The molecule has 1 saturated heterocycles. The number of thioether (sulfide) groups is 1. The second-order valence-corrected chi connectivity index (χ2v) is 9.96. The maximum Gasteiger partial charge on any atom is 0.150 e. The molecular formula is C28H29NO3S. The van der Waals surface area contributed by atoms with Crippen LogP contribution in [0.25, 0.3) is 11.1 Å². The van der Waals surface area contributed by atoms with Gasteiger partial charge in [0.1, 0.15) is 23.4 Å². The molecule has 4 nitrogen and oxygen atoms in total. The molecule has 1 unspecified atom stereocenters. The molecule has 0 aliphatic carbocycles. The number of benzene rings is 3. The summed E-state index contributed by atoms with van der Waals surface area (Å²) in [5.74, 6) is 0.440. The molecule has 1 atom stereocenters. The molecule has 0 aromatic heterocycles. The summed E-state index contributed by atoms with van der Waals surface area (Å²) in [6, 6.07) is 19.1. The van der Waals surface area contributed by atoms with Gasteiger partial charge in [-0.2, -0.15) is 0 Å². The zero-order valence-corrected chi connectivity index (χ0v) is 19.3. The van der Waals surface area contributed by atoms with Crippen LogP contribution in [0.2, 0.25) is 0 Å². The molecule has 5 heteroatoms. The lowest BCUT2D eigenvalue weighted by Gasteiger charge is -2.38. The third kappa shape index (κ3) is 4.48. The Morgan fingerprint density at radius 3 is 2.42 bits per heavy atom. The van der Waals surface area contributed by atoms with Gasteiger partial charge in [-0.05, 0) is 72.9 Å². The van der Waals surface area contributed by atoms with Gasteiger partial charge in [-0.3, -0.25) is 0 Å². The van der Waals surface area contributed by atoms with E-state index >= 15 is 0 Å². The number of hydrogen-bond acceptors (Lipinski definition) is 5. The van der Waals surface area contributed by atoms with Crippen LogP contribution < -0.4 is 4.74 Å². The van der Waals surface area contributed by atoms with E-state index in [1.165, 1.54) is 23.4 Å². The predicted molar refractivity (Wildman–Crippen MR) is 135 cm³/mol. The average molecular weight is 463 g/mol. The number of fused-ring (bicyclic) bond motifs is 1. The number of allylic oxidation sites excluding steroid dienone is 1. The average Bonchev–Trinajstić information content (AvgIpc) is 2.82. The van der Waals surface area contributed by atoms with Gasteiger partial charge in [-0.15, -0.1) is 11.8 Å². The Labute approximate surface area is 203 Å². The van der Waals surface area contributed by atoms with Crippen LogP contribution >= 0.6 is 11.8 Å². The molecular weight excluding hydrogens is 430 g/mol. The van der Waals surface area contributed by atoms with E-state index in [0.717, 1.165) is 25.2 Å². The van der Waals surface area contributed by atoms with E-state index in [1.54, 1.807) is 30.3 Å². The Kier molecular flexibility index (Phi) is 5.14. The summed E-state index contributed by atoms with van der Waals surface area (Å²) in [5, 5.41) is 20.5. The van der Waals surface area contributed by atoms with Crippen molar-refractivity contribution in [1.82, 2.24) is 4.90 Å². The Morgan fingerprint density at radius 2 is 1.73 bits per heavy atom. The molecule has 2 N–H and O–H groups in total. The van der Waals surface area contributed by atoms with Crippen molar-refractivity contribution in [3.05, 3.63) is 83.4 Å². The molecule has 2 heterocycles. The van der Waals surface area contributed by atoms with Gasteiger partial charge in [0.25, 0.3) is 0 Å². The summed E-state index contributed by atoms with van der Waals surface area (Å²) in [4.78, 5) is 3.62. The molecule has 5 rings (SSSR count). The fraction of sp³-hybridized carbons (Fsp3) is 0.286. The number of nitrogens with zero attached hydrogens (tertiary/aromatic N) is 1. The lowest BCUT2D eigenvalue weighted by atomic mass is 9.86. The van der Waals surface area contributed by atoms with Crippen LogP contribution in [-0.2, 0) is 0 Å². The van der Waals surface area contributed by atoms with Gasteiger partial charge in [0.15, 0.2) is 0 Å². The first kappa shape index (κ1) is 18.5. The summed E-state index contributed by atoms with van der Waals surface area (Å²) >= 11 is 1.86. The molecule has 2 aliphatic heterocycles. The Bertz CT molecular complexity index is 1270. The molecule has 1 fully saturated rings. The molecule has 33 heavy (non-hydrogen) atoms. The van der Waals surface area contributed by atoms with Crippen LogP contribution in [0.5, 0.6) is 17.2 Å². The number of phenols is 2. The summed E-state index contributed by atoms with van der Waals surface area (Å²) < 4.78 is 31.5. The van der Waals surface area contributed by atoms with E-state index in [1.807, 2.05) is 23.9 Å². The Balaban J connectivity index is 1.54. The minimum atomic E-state index is -2.43. The summed E-state index contributed by atoms with van der Waals surface area (Å²) in [5.41, 5.74) is 2.62. The van der Waals surface area contributed by atoms with Crippen LogP contribution in [0.3, 0.4) is 0 Å². The van der Waals surface area contributed by atoms with E-state index in [4.69, 9.17) is 8.85 Å². The van der Waals surface area contributed by atoms with Crippen LogP contribution in [0, 0.1) is 0 Å². The van der Waals surface area contributed by atoms with Crippen molar-refractivity contribution in [1.29, 1.82) is 0 Å². The minimum absolute atomic E-state index is 0.00911. The van der Waals surface area contributed by atoms with Gasteiger partial charge in [0, 0.05) is 44.6 Å². The fourth-order valence-electron chi connectivity index (χ4n) is 4.46. The van der Waals surface area contributed by atoms with Crippen molar-refractivity contribution in [2.75, 3.05) is 19.6 Å². The molecule has 170 valence electrons. The fourth-order valence-corrected chi connectivity index (χ4v) is 5.71. The van der Waals surface area contributed by atoms with Gasteiger partial charge in [0.05, 0.1) is 0 Å². The van der Waals surface area contributed by atoms with E-state index in [-0.39, 0.29) is 17.1 Å². The molecule has 2 aliphatic rings. The maximum absolute atomic E-state index is 10.1. The summed E-state index contributed by atoms with van der Waals surface area (Å²) in [6.07, 6.45) is 0.478. The highest BCUT2D eigenvalue weighted by Crippen LogP contribution is 2.47. The van der Waals surface area contributed by atoms with Crippen molar-refractivity contribution in [2.24, 2.45) is 0 Å². The smallest absolute Gasteiger partial charge is 0.150 e. The van der Waals surface area contributed by atoms with Crippen molar-refractivity contribution >= 4 is 22.9 Å². The van der Waals surface area contributed by atoms with Crippen LogP contribution in [0.4, 0.5) is 0 Å². The predicted octanol–water partition coefficient (Wildman–Crippen LogP) is 6.35. The van der Waals surface area contributed by atoms with Crippen molar-refractivity contribution in [2.45, 2.75) is 36.4 Å². The zero-order chi connectivity index (χ0) is 25.4. The monoisotopic (exact) mass is 462 g/mol. The second-order valence-electron chi connectivity index (χ2n) is 8.58. The van der Waals surface area contributed by atoms with E-state index < -0.39 is 13.0 Å². The number of phenolic OH excluding ortho intramolecular Hbond substituents is 2. The highest BCUT2D eigenvalue weighted by atomic mass is 32.2. The summed E-state index contributed by atoms with van der Waals surface area (Å²) in [7, 11) is 0.